The molecule has 2 heterocycles. The lowest BCUT2D eigenvalue weighted by molar-refractivity contribution is -0.121. The second kappa shape index (κ2) is 6.85. The lowest BCUT2D eigenvalue weighted by atomic mass is 10.1. The number of nitrogens with one attached hydrogen (secondary N) is 2. The van der Waals surface area contributed by atoms with Gasteiger partial charge in [0.2, 0.25) is 5.91 Å². The van der Waals surface area contributed by atoms with Crippen molar-refractivity contribution in [3.8, 4) is 0 Å². The smallest absolute Gasteiger partial charge is 0.234 e. The van der Waals surface area contributed by atoms with Gasteiger partial charge in [-0.1, -0.05) is 13.8 Å². The Bertz CT molecular complexity index is 444. The van der Waals surface area contributed by atoms with Crippen LogP contribution in [0, 0.1) is 0 Å². The van der Waals surface area contributed by atoms with Crippen molar-refractivity contribution in [1.29, 1.82) is 0 Å². The number of rotatable bonds is 6. The molecule has 0 radical (unpaired) electrons. The number of carbonyl (C=O) groups excluding carboxylic acids is 1. The highest BCUT2D eigenvalue weighted by Gasteiger charge is 2.33. The third-order valence-corrected chi connectivity index (χ3v) is 3.45. The van der Waals surface area contributed by atoms with E-state index in [1.54, 1.807) is 6.20 Å². The van der Waals surface area contributed by atoms with Crippen LogP contribution in [0.15, 0.2) is 12.4 Å². The summed E-state index contributed by atoms with van der Waals surface area (Å²) in [7, 11) is 0. The Labute approximate surface area is 119 Å². The van der Waals surface area contributed by atoms with Crippen molar-refractivity contribution >= 4 is 5.91 Å². The molecule has 0 aromatic carbocycles. The number of imidazole rings is 1. The van der Waals surface area contributed by atoms with Crippen LogP contribution in [-0.4, -0.2) is 40.7 Å². The van der Waals surface area contributed by atoms with E-state index in [1.165, 1.54) is 0 Å². The molecule has 1 saturated heterocycles. The van der Waals surface area contributed by atoms with Gasteiger partial charge in [-0.05, 0) is 13.3 Å². The Kier molecular flexibility index (Phi) is 5.14. The topological polar surface area (TPSA) is 68.2 Å². The van der Waals surface area contributed by atoms with Gasteiger partial charge in [-0.3, -0.25) is 4.79 Å². The summed E-state index contributed by atoms with van der Waals surface area (Å²) in [5.74, 6) is 0.904. The van der Waals surface area contributed by atoms with Crippen LogP contribution in [0.1, 0.15) is 39.1 Å². The molecule has 0 aliphatic carbocycles. The number of hydrogen-bond acceptors (Lipinski definition) is 4. The van der Waals surface area contributed by atoms with Gasteiger partial charge in [-0.15, -0.1) is 0 Å². The first-order valence-electron chi connectivity index (χ1n) is 7.27. The van der Waals surface area contributed by atoms with Crippen LogP contribution in [0.3, 0.4) is 0 Å². The SMILES string of the molecule is CCn1ccnc1[C@H]1OCC[C@@H]1NC(=O)CNC(C)C. The maximum atomic E-state index is 11.9. The normalized spacial score (nSPS) is 22.4. The molecule has 0 saturated carbocycles. The van der Waals surface area contributed by atoms with Crippen LogP contribution in [0.2, 0.25) is 0 Å². The Balaban J connectivity index is 1.96. The molecule has 0 bridgehead atoms. The number of carbonyl (C=O) groups is 1. The summed E-state index contributed by atoms with van der Waals surface area (Å²) in [6.07, 6.45) is 4.40. The maximum absolute atomic E-state index is 11.9. The maximum Gasteiger partial charge on any atom is 0.234 e. The third-order valence-electron chi connectivity index (χ3n) is 3.45. The summed E-state index contributed by atoms with van der Waals surface area (Å²) >= 11 is 0. The highest BCUT2D eigenvalue weighted by Crippen LogP contribution is 2.28. The average Bonchev–Trinajstić information content (AvgIpc) is 3.03. The monoisotopic (exact) mass is 280 g/mol. The first-order valence-corrected chi connectivity index (χ1v) is 7.27. The van der Waals surface area contributed by atoms with E-state index in [2.05, 4.69) is 27.1 Å². The quantitative estimate of drug-likeness (QED) is 0.810. The third kappa shape index (κ3) is 3.58. The first-order chi connectivity index (χ1) is 9.61. The fraction of sp³-hybridized carbons (Fsp3) is 0.714. The van der Waals surface area contributed by atoms with E-state index < -0.39 is 0 Å². The van der Waals surface area contributed by atoms with Gasteiger partial charge in [0.1, 0.15) is 11.9 Å². The Morgan fingerprint density at radius 1 is 1.60 bits per heavy atom. The van der Waals surface area contributed by atoms with E-state index in [0.717, 1.165) is 18.8 Å². The van der Waals surface area contributed by atoms with Crippen molar-refractivity contribution in [2.24, 2.45) is 0 Å². The zero-order valence-corrected chi connectivity index (χ0v) is 12.4. The number of aryl methyl sites for hydroxylation is 1. The summed E-state index contributed by atoms with van der Waals surface area (Å²) in [5.41, 5.74) is 0. The summed E-state index contributed by atoms with van der Waals surface area (Å²) < 4.78 is 7.82. The van der Waals surface area contributed by atoms with Crippen LogP contribution in [0.25, 0.3) is 0 Å². The number of ether oxygens (including phenoxy) is 1. The minimum atomic E-state index is -0.145. The van der Waals surface area contributed by atoms with Crippen molar-refractivity contribution in [1.82, 2.24) is 20.2 Å². The molecule has 112 valence electrons. The largest absolute Gasteiger partial charge is 0.368 e. The number of amides is 1. The molecule has 20 heavy (non-hydrogen) atoms. The average molecular weight is 280 g/mol. The molecular formula is C14H24N4O2. The molecule has 1 fully saturated rings. The van der Waals surface area contributed by atoms with Crippen LogP contribution < -0.4 is 10.6 Å². The van der Waals surface area contributed by atoms with E-state index in [0.29, 0.717) is 19.2 Å². The molecule has 6 heteroatoms. The number of aromatic nitrogens is 2. The molecular weight excluding hydrogens is 256 g/mol. The highest BCUT2D eigenvalue weighted by atomic mass is 16.5. The number of nitrogens with zero attached hydrogens (tertiary/aromatic N) is 2. The Hall–Kier alpha value is -1.40. The molecule has 1 aliphatic rings. The summed E-state index contributed by atoms with van der Waals surface area (Å²) in [4.78, 5) is 16.3. The Morgan fingerprint density at radius 2 is 2.40 bits per heavy atom. The predicted octanol–water partition coefficient (Wildman–Crippen LogP) is 0.847. The zero-order chi connectivity index (χ0) is 14.5. The van der Waals surface area contributed by atoms with Gasteiger partial charge in [0.25, 0.3) is 0 Å². The molecule has 1 aromatic rings. The van der Waals surface area contributed by atoms with Crippen LogP contribution in [0.5, 0.6) is 0 Å². The zero-order valence-electron chi connectivity index (χ0n) is 12.4. The van der Waals surface area contributed by atoms with E-state index in [4.69, 9.17) is 4.74 Å². The molecule has 1 aliphatic heterocycles. The lowest BCUT2D eigenvalue weighted by Crippen LogP contribution is -2.43. The predicted molar refractivity (Wildman–Crippen MR) is 76.3 cm³/mol. The molecule has 0 unspecified atom stereocenters. The van der Waals surface area contributed by atoms with E-state index in [9.17, 15) is 4.79 Å². The highest BCUT2D eigenvalue weighted by molar-refractivity contribution is 5.78. The van der Waals surface area contributed by atoms with Gasteiger partial charge in [0, 0.05) is 31.6 Å². The van der Waals surface area contributed by atoms with Crippen molar-refractivity contribution in [2.75, 3.05) is 13.2 Å². The van der Waals surface area contributed by atoms with E-state index in [-0.39, 0.29) is 18.1 Å². The summed E-state index contributed by atoms with van der Waals surface area (Å²) in [6.45, 7) is 7.96. The van der Waals surface area contributed by atoms with Crippen LogP contribution >= 0.6 is 0 Å². The molecule has 0 spiro atoms. The molecule has 1 amide bonds. The Morgan fingerprint density at radius 3 is 3.10 bits per heavy atom. The van der Waals surface area contributed by atoms with Gasteiger partial charge in [0.05, 0.1) is 12.6 Å². The fourth-order valence-electron chi connectivity index (χ4n) is 2.39. The van der Waals surface area contributed by atoms with Crippen molar-refractivity contribution in [2.45, 2.75) is 51.9 Å². The van der Waals surface area contributed by atoms with Crippen molar-refractivity contribution in [3.05, 3.63) is 18.2 Å². The van der Waals surface area contributed by atoms with Gasteiger partial charge in [-0.25, -0.2) is 4.98 Å². The summed E-state index contributed by atoms with van der Waals surface area (Å²) in [6, 6.07) is 0.305. The van der Waals surface area contributed by atoms with Crippen molar-refractivity contribution < 1.29 is 9.53 Å². The van der Waals surface area contributed by atoms with Crippen LogP contribution in [-0.2, 0) is 16.1 Å². The van der Waals surface area contributed by atoms with Crippen LogP contribution in [0.4, 0.5) is 0 Å². The molecule has 1 aromatic heterocycles. The van der Waals surface area contributed by atoms with Crippen molar-refractivity contribution in [3.63, 3.8) is 0 Å². The lowest BCUT2D eigenvalue weighted by Gasteiger charge is -2.20. The molecule has 2 rings (SSSR count). The molecule has 6 nitrogen and oxygen atoms in total. The minimum Gasteiger partial charge on any atom is -0.368 e. The minimum absolute atomic E-state index is 0.00385. The van der Waals surface area contributed by atoms with Gasteiger partial charge in [-0.2, -0.15) is 0 Å². The standard InChI is InChI=1S/C14H24N4O2/c1-4-18-7-6-15-14(18)13-11(5-8-20-13)17-12(19)9-16-10(2)3/h6-7,10-11,13,16H,4-5,8-9H2,1-3H3,(H,17,19)/t11-,13-/m0/s1. The molecule has 2 atom stereocenters. The first kappa shape index (κ1) is 15.0. The van der Waals surface area contributed by atoms with Gasteiger partial charge < -0.3 is 19.9 Å². The second-order valence-corrected chi connectivity index (χ2v) is 5.36. The number of hydrogen-bond donors (Lipinski definition) is 2. The summed E-state index contributed by atoms with van der Waals surface area (Å²) in [5, 5.41) is 6.16. The van der Waals surface area contributed by atoms with Gasteiger partial charge >= 0.3 is 0 Å². The fourth-order valence-corrected chi connectivity index (χ4v) is 2.39. The van der Waals surface area contributed by atoms with E-state index in [1.807, 2.05) is 20.0 Å². The molecule has 2 N–H and O–H groups in total. The van der Waals surface area contributed by atoms with Gasteiger partial charge in [0.15, 0.2) is 0 Å². The second-order valence-electron chi connectivity index (χ2n) is 5.36. The van der Waals surface area contributed by atoms with E-state index >= 15 is 0 Å².